The number of nitro groups is 1. The van der Waals surface area contributed by atoms with Crippen LogP contribution in [0.5, 0.6) is 0 Å². The standard InChI is InChI=1S/C9H9N3O3/c1-11-5-9(13)10-7-4-6(12(14)15)2-3-8(7)11/h2-4H,5H2,1H3,(H,10,13). The average molecular weight is 207 g/mol. The van der Waals surface area contributed by atoms with Crippen LogP contribution in [0.15, 0.2) is 18.2 Å². The molecule has 1 aromatic rings. The zero-order chi connectivity index (χ0) is 11.0. The van der Waals surface area contributed by atoms with Gasteiger partial charge in [-0.15, -0.1) is 0 Å². The molecule has 0 spiro atoms. The van der Waals surface area contributed by atoms with Gasteiger partial charge in [0.1, 0.15) is 0 Å². The van der Waals surface area contributed by atoms with Crippen LogP contribution in [-0.4, -0.2) is 24.4 Å². The second-order valence-electron chi connectivity index (χ2n) is 3.36. The zero-order valence-corrected chi connectivity index (χ0v) is 8.06. The summed E-state index contributed by atoms with van der Waals surface area (Å²) in [5.41, 5.74) is 1.26. The van der Waals surface area contributed by atoms with Crippen molar-refractivity contribution in [2.45, 2.75) is 0 Å². The first kappa shape index (κ1) is 9.45. The number of fused-ring (bicyclic) bond motifs is 1. The SMILES string of the molecule is CN1CC(=O)Nc2cc([N+](=O)[O-])ccc21. The van der Waals surface area contributed by atoms with Crippen LogP contribution < -0.4 is 10.2 Å². The van der Waals surface area contributed by atoms with Gasteiger partial charge in [0.15, 0.2) is 0 Å². The first-order chi connectivity index (χ1) is 7.08. The van der Waals surface area contributed by atoms with Crippen LogP contribution >= 0.6 is 0 Å². The number of nitro benzene ring substituents is 1. The molecule has 15 heavy (non-hydrogen) atoms. The number of nitrogens with one attached hydrogen (secondary N) is 1. The number of carbonyl (C=O) groups is 1. The molecule has 0 saturated carbocycles. The second-order valence-corrected chi connectivity index (χ2v) is 3.36. The van der Waals surface area contributed by atoms with Crippen LogP contribution in [0, 0.1) is 10.1 Å². The number of likely N-dealkylation sites (N-methyl/N-ethyl adjacent to an activating group) is 1. The molecule has 0 atom stereocenters. The Morgan fingerprint density at radius 1 is 1.53 bits per heavy atom. The van der Waals surface area contributed by atoms with E-state index in [0.29, 0.717) is 5.69 Å². The van der Waals surface area contributed by atoms with Gasteiger partial charge in [-0.2, -0.15) is 0 Å². The molecule has 6 nitrogen and oxygen atoms in total. The normalized spacial score (nSPS) is 14.5. The van der Waals surface area contributed by atoms with Gasteiger partial charge < -0.3 is 10.2 Å². The lowest BCUT2D eigenvalue weighted by atomic mass is 10.2. The van der Waals surface area contributed by atoms with Crippen molar-refractivity contribution in [3.63, 3.8) is 0 Å². The first-order valence-electron chi connectivity index (χ1n) is 4.37. The fourth-order valence-corrected chi connectivity index (χ4v) is 1.56. The molecule has 6 heteroatoms. The molecule has 1 amide bonds. The predicted octanol–water partition coefficient (Wildman–Crippen LogP) is 0.983. The van der Waals surface area contributed by atoms with Gasteiger partial charge in [-0.05, 0) is 6.07 Å². The van der Waals surface area contributed by atoms with Crippen molar-refractivity contribution in [3.05, 3.63) is 28.3 Å². The Kier molecular flexibility index (Phi) is 2.03. The largest absolute Gasteiger partial charge is 0.364 e. The highest BCUT2D eigenvalue weighted by Crippen LogP contribution is 2.31. The number of hydrogen-bond acceptors (Lipinski definition) is 4. The van der Waals surface area contributed by atoms with Gasteiger partial charge in [0, 0.05) is 19.2 Å². The maximum Gasteiger partial charge on any atom is 0.271 e. The van der Waals surface area contributed by atoms with E-state index in [1.54, 1.807) is 18.0 Å². The third-order valence-electron chi connectivity index (χ3n) is 2.26. The monoisotopic (exact) mass is 207 g/mol. The van der Waals surface area contributed by atoms with E-state index in [0.717, 1.165) is 5.69 Å². The number of benzene rings is 1. The maximum absolute atomic E-state index is 11.2. The van der Waals surface area contributed by atoms with Crippen molar-refractivity contribution < 1.29 is 9.72 Å². The summed E-state index contributed by atoms with van der Waals surface area (Å²) in [6, 6.07) is 4.42. The van der Waals surface area contributed by atoms with Crippen molar-refractivity contribution in [2.75, 3.05) is 23.8 Å². The Balaban J connectivity index is 2.47. The smallest absolute Gasteiger partial charge is 0.271 e. The van der Waals surface area contributed by atoms with E-state index < -0.39 is 4.92 Å². The summed E-state index contributed by atoms with van der Waals surface area (Å²) in [6.07, 6.45) is 0. The van der Waals surface area contributed by atoms with E-state index in [1.807, 2.05) is 0 Å². The molecule has 2 rings (SSSR count). The summed E-state index contributed by atoms with van der Waals surface area (Å²) in [5, 5.41) is 13.1. The van der Waals surface area contributed by atoms with Gasteiger partial charge in [-0.25, -0.2) is 0 Å². The van der Waals surface area contributed by atoms with Crippen molar-refractivity contribution in [1.29, 1.82) is 0 Å². The number of carbonyl (C=O) groups excluding carboxylic acids is 1. The molecular formula is C9H9N3O3. The van der Waals surface area contributed by atoms with Crippen LogP contribution in [0.3, 0.4) is 0 Å². The highest BCUT2D eigenvalue weighted by molar-refractivity contribution is 6.01. The minimum absolute atomic E-state index is 0.0237. The molecule has 1 aliphatic heterocycles. The first-order valence-corrected chi connectivity index (χ1v) is 4.37. The molecule has 0 unspecified atom stereocenters. The van der Waals surface area contributed by atoms with E-state index in [4.69, 9.17) is 0 Å². The van der Waals surface area contributed by atoms with Gasteiger partial charge in [0.05, 0.1) is 22.8 Å². The Morgan fingerprint density at radius 2 is 2.27 bits per heavy atom. The molecule has 0 aliphatic carbocycles. The van der Waals surface area contributed by atoms with Crippen LogP contribution in [0.2, 0.25) is 0 Å². The molecule has 0 saturated heterocycles. The van der Waals surface area contributed by atoms with Gasteiger partial charge in [-0.3, -0.25) is 14.9 Å². The van der Waals surface area contributed by atoms with Crippen molar-refractivity contribution in [1.82, 2.24) is 0 Å². The fraction of sp³-hybridized carbons (Fsp3) is 0.222. The number of amides is 1. The Labute approximate surface area is 85.6 Å². The van der Waals surface area contributed by atoms with Crippen LogP contribution in [0.1, 0.15) is 0 Å². The number of rotatable bonds is 1. The van der Waals surface area contributed by atoms with Gasteiger partial charge in [0.2, 0.25) is 5.91 Å². The highest BCUT2D eigenvalue weighted by Gasteiger charge is 2.21. The van der Waals surface area contributed by atoms with E-state index in [9.17, 15) is 14.9 Å². The molecule has 1 N–H and O–H groups in total. The third-order valence-corrected chi connectivity index (χ3v) is 2.26. The summed E-state index contributed by atoms with van der Waals surface area (Å²) in [6.45, 7) is 0.269. The van der Waals surface area contributed by atoms with E-state index in [1.165, 1.54) is 12.1 Å². The van der Waals surface area contributed by atoms with Crippen LogP contribution in [0.25, 0.3) is 0 Å². The zero-order valence-electron chi connectivity index (χ0n) is 8.06. The predicted molar refractivity (Wildman–Crippen MR) is 55.0 cm³/mol. The number of nitrogens with zero attached hydrogens (tertiary/aromatic N) is 2. The second kappa shape index (κ2) is 3.23. The van der Waals surface area contributed by atoms with Gasteiger partial charge >= 0.3 is 0 Å². The third kappa shape index (κ3) is 1.61. The summed E-state index contributed by atoms with van der Waals surface area (Å²) in [7, 11) is 1.77. The Bertz CT molecular complexity index is 444. The summed E-state index contributed by atoms with van der Waals surface area (Å²) < 4.78 is 0. The number of anilines is 2. The van der Waals surface area contributed by atoms with Crippen molar-refractivity contribution >= 4 is 23.0 Å². The highest BCUT2D eigenvalue weighted by atomic mass is 16.6. The summed E-state index contributed by atoms with van der Waals surface area (Å²) in [5.74, 6) is -0.162. The lowest BCUT2D eigenvalue weighted by Crippen LogP contribution is -2.35. The van der Waals surface area contributed by atoms with Crippen molar-refractivity contribution in [3.8, 4) is 0 Å². The quantitative estimate of drug-likeness (QED) is 0.550. The fourth-order valence-electron chi connectivity index (χ4n) is 1.56. The molecule has 0 aromatic heterocycles. The molecule has 1 aliphatic rings. The molecule has 0 bridgehead atoms. The molecule has 78 valence electrons. The number of hydrogen-bond donors (Lipinski definition) is 1. The van der Waals surface area contributed by atoms with E-state index in [2.05, 4.69) is 5.32 Å². The Morgan fingerprint density at radius 3 is 2.93 bits per heavy atom. The topological polar surface area (TPSA) is 75.5 Å². The lowest BCUT2D eigenvalue weighted by molar-refractivity contribution is -0.384. The Hall–Kier alpha value is -2.11. The maximum atomic E-state index is 11.2. The van der Waals surface area contributed by atoms with E-state index >= 15 is 0 Å². The lowest BCUT2D eigenvalue weighted by Gasteiger charge is -2.26. The van der Waals surface area contributed by atoms with Crippen LogP contribution in [0.4, 0.5) is 17.1 Å². The molecule has 0 radical (unpaired) electrons. The van der Waals surface area contributed by atoms with Gasteiger partial charge in [0.25, 0.3) is 5.69 Å². The molecule has 1 heterocycles. The summed E-state index contributed by atoms with van der Waals surface area (Å²) >= 11 is 0. The minimum atomic E-state index is -0.485. The minimum Gasteiger partial charge on any atom is -0.364 e. The molecule has 0 fully saturated rings. The van der Waals surface area contributed by atoms with Crippen molar-refractivity contribution in [2.24, 2.45) is 0 Å². The summed E-state index contributed by atoms with van der Waals surface area (Å²) in [4.78, 5) is 23.0. The molecule has 1 aromatic carbocycles. The van der Waals surface area contributed by atoms with Crippen LogP contribution in [-0.2, 0) is 4.79 Å². The van der Waals surface area contributed by atoms with E-state index in [-0.39, 0.29) is 18.1 Å². The number of non-ortho nitro benzene ring substituents is 1. The molecular weight excluding hydrogens is 198 g/mol. The average Bonchev–Trinajstić information content (AvgIpc) is 2.16. The van der Waals surface area contributed by atoms with Gasteiger partial charge in [-0.1, -0.05) is 0 Å².